The fourth-order valence-electron chi connectivity index (χ4n) is 0.915. The quantitative estimate of drug-likeness (QED) is 0.588. The van der Waals surface area contributed by atoms with Crippen molar-refractivity contribution in [3.8, 4) is 0 Å². The maximum atomic E-state index is 11.5. The lowest BCUT2D eigenvalue weighted by Gasteiger charge is -2.01. The molecule has 0 aliphatic heterocycles. The normalized spacial score (nSPS) is 10.6. The molecule has 0 radical (unpaired) electrons. The van der Waals surface area contributed by atoms with E-state index >= 15 is 0 Å². The molecule has 0 aliphatic rings. The van der Waals surface area contributed by atoms with E-state index in [4.69, 9.17) is 32.7 Å². The molecule has 1 aromatic rings. The first kappa shape index (κ1) is 12.9. The molecule has 0 aromatic carbocycles. The third-order valence-electron chi connectivity index (χ3n) is 1.62. The Bertz CT molecular complexity index is 338. The second kappa shape index (κ2) is 6.45. The molecule has 1 heterocycles. The fourth-order valence-corrected chi connectivity index (χ4v) is 2.41. The largest absolute Gasteiger partial charge is 0.382 e. The predicted octanol–water partition coefficient (Wildman–Crippen LogP) is 2.90. The zero-order valence-corrected chi connectivity index (χ0v) is 10.4. The van der Waals surface area contributed by atoms with Crippen LogP contribution in [-0.4, -0.2) is 32.7 Å². The average molecular weight is 269 g/mol. The second-order valence-electron chi connectivity index (χ2n) is 2.71. The van der Waals surface area contributed by atoms with Gasteiger partial charge in [-0.25, -0.2) is 0 Å². The van der Waals surface area contributed by atoms with Crippen molar-refractivity contribution in [3.05, 3.63) is 20.3 Å². The molecule has 0 aliphatic carbocycles. The van der Waals surface area contributed by atoms with Crippen molar-refractivity contribution in [1.82, 2.24) is 0 Å². The summed E-state index contributed by atoms with van der Waals surface area (Å²) in [6.45, 7) is 0.847. The summed E-state index contributed by atoms with van der Waals surface area (Å²) in [7, 11) is 1.57. The summed E-state index contributed by atoms with van der Waals surface area (Å²) in [6, 6.07) is 1.55. The fraction of sp³-hybridized carbons (Fsp3) is 0.444. The molecule has 6 heteroatoms. The van der Waals surface area contributed by atoms with Crippen molar-refractivity contribution in [1.29, 1.82) is 0 Å². The van der Waals surface area contributed by atoms with E-state index in [9.17, 15) is 4.79 Å². The maximum absolute atomic E-state index is 11.5. The first-order valence-corrected chi connectivity index (χ1v) is 5.77. The minimum Gasteiger partial charge on any atom is -0.382 e. The lowest BCUT2D eigenvalue weighted by Crippen LogP contribution is -2.11. The summed E-state index contributed by atoms with van der Waals surface area (Å²) in [6.07, 6.45) is 0. The first-order chi connectivity index (χ1) is 7.15. The van der Waals surface area contributed by atoms with Crippen molar-refractivity contribution in [2.75, 3.05) is 26.9 Å². The van der Waals surface area contributed by atoms with Crippen LogP contribution in [0.25, 0.3) is 0 Å². The molecule has 0 bridgehead atoms. The Morgan fingerprint density at radius 3 is 2.73 bits per heavy atom. The van der Waals surface area contributed by atoms with Crippen LogP contribution in [0, 0.1) is 0 Å². The highest BCUT2D eigenvalue weighted by Gasteiger charge is 2.13. The molecular formula is C9H10Cl2O3S. The molecule has 0 unspecified atom stereocenters. The smallest absolute Gasteiger partial charge is 0.190 e. The van der Waals surface area contributed by atoms with Gasteiger partial charge >= 0.3 is 0 Å². The molecule has 0 amide bonds. The van der Waals surface area contributed by atoms with Gasteiger partial charge in [0.2, 0.25) is 0 Å². The van der Waals surface area contributed by atoms with Crippen LogP contribution in [0.15, 0.2) is 6.07 Å². The number of Topliss-reactive ketones (excluding diaryl/α,β-unsaturated/α-hetero) is 1. The number of hydrogen-bond acceptors (Lipinski definition) is 4. The topological polar surface area (TPSA) is 35.5 Å². The lowest BCUT2D eigenvalue weighted by atomic mass is 10.2. The van der Waals surface area contributed by atoms with Crippen molar-refractivity contribution >= 4 is 40.3 Å². The molecule has 0 saturated carbocycles. The Morgan fingerprint density at radius 2 is 2.20 bits per heavy atom. The number of thiophene rings is 1. The van der Waals surface area contributed by atoms with Crippen LogP contribution in [-0.2, 0) is 9.47 Å². The standard InChI is InChI=1S/C9H10Cl2O3S/c1-13-2-3-14-5-7(12)6-4-8(10)15-9(6)11/h4H,2-3,5H2,1H3. The molecule has 84 valence electrons. The van der Waals surface area contributed by atoms with Gasteiger partial charge in [0.05, 0.1) is 23.1 Å². The number of ketones is 1. The number of carbonyl (C=O) groups excluding carboxylic acids is 1. The van der Waals surface area contributed by atoms with Crippen molar-refractivity contribution in [2.24, 2.45) is 0 Å². The molecule has 1 aromatic heterocycles. The van der Waals surface area contributed by atoms with Crippen molar-refractivity contribution in [2.45, 2.75) is 0 Å². The van der Waals surface area contributed by atoms with E-state index in [1.54, 1.807) is 13.2 Å². The van der Waals surface area contributed by atoms with Gasteiger partial charge in [-0.05, 0) is 6.07 Å². The monoisotopic (exact) mass is 268 g/mol. The van der Waals surface area contributed by atoms with E-state index in [1.807, 2.05) is 0 Å². The predicted molar refractivity (Wildman–Crippen MR) is 61.4 cm³/mol. The van der Waals surface area contributed by atoms with Crippen molar-refractivity contribution < 1.29 is 14.3 Å². The third kappa shape index (κ3) is 4.09. The minimum atomic E-state index is -0.167. The Balaban J connectivity index is 2.43. The van der Waals surface area contributed by atoms with E-state index in [0.29, 0.717) is 27.4 Å². The van der Waals surface area contributed by atoms with Crippen LogP contribution in [0.3, 0.4) is 0 Å². The Kier molecular flexibility index (Phi) is 5.56. The highest BCUT2D eigenvalue weighted by Crippen LogP contribution is 2.31. The van der Waals surface area contributed by atoms with Crippen LogP contribution < -0.4 is 0 Å². The van der Waals surface area contributed by atoms with E-state index in [0.717, 1.165) is 0 Å². The van der Waals surface area contributed by atoms with Gasteiger partial charge in [-0.2, -0.15) is 0 Å². The van der Waals surface area contributed by atoms with Gasteiger partial charge in [0, 0.05) is 7.11 Å². The molecule has 15 heavy (non-hydrogen) atoms. The number of carbonyl (C=O) groups is 1. The molecule has 0 N–H and O–H groups in total. The Labute approximate surface area is 102 Å². The Morgan fingerprint density at radius 1 is 1.47 bits per heavy atom. The molecule has 3 nitrogen and oxygen atoms in total. The lowest BCUT2D eigenvalue weighted by molar-refractivity contribution is 0.0577. The van der Waals surface area contributed by atoms with E-state index in [2.05, 4.69) is 0 Å². The minimum absolute atomic E-state index is 0.00383. The summed E-state index contributed by atoms with van der Waals surface area (Å²) in [5.41, 5.74) is 0.420. The average Bonchev–Trinajstić information content (AvgIpc) is 2.52. The van der Waals surface area contributed by atoms with Crippen LogP contribution >= 0.6 is 34.5 Å². The highest BCUT2D eigenvalue weighted by molar-refractivity contribution is 7.20. The zero-order valence-electron chi connectivity index (χ0n) is 8.09. The van der Waals surface area contributed by atoms with Gasteiger partial charge in [0.15, 0.2) is 5.78 Å². The van der Waals surface area contributed by atoms with E-state index < -0.39 is 0 Å². The SMILES string of the molecule is COCCOCC(=O)c1cc(Cl)sc1Cl. The van der Waals surface area contributed by atoms with Crippen LogP contribution in [0.1, 0.15) is 10.4 Å². The van der Waals surface area contributed by atoms with Crippen molar-refractivity contribution in [3.63, 3.8) is 0 Å². The summed E-state index contributed by atoms with van der Waals surface area (Å²) >= 11 is 12.7. The van der Waals surface area contributed by atoms with Crippen LogP contribution in [0.2, 0.25) is 8.67 Å². The molecule has 1 rings (SSSR count). The summed E-state index contributed by atoms with van der Waals surface area (Å²) in [4.78, 5) is 11.5. The summed E-state index contributed by atoms with van der Waals surface area (Å²) in [5, 5.41) is 0. The first-order valence-electron chi connectivity index (χ1n) is 4.20. The summed E-state index contributed by atoms with van der Waals surface area (Å²) < 4.78 is 10.8. The molecule has 0 saturated heterocycles. The highest BCUT2D eigenvalue weighted by atomic mass is 35.5. The van der Waals surface area contributed by atoms with Gasteiger partial charge in [-0.15, -0.1) is 11.3 Å². The van der Waals surface area contributed by atoms with E-state index in [-0.39, 0.29) is 12.4 Å². The molecule has 0 atom stereocenters. The van der Waals surface area contributed by atoms with Gasteiger partial charge in [0.1, 0.15) is 10.9 Å². The van der Waals surface area contributed by atoms with Crippen LogP contribution in [0.5, 0.6) is 0 Å². The van der Waals surface area contributed by atoms with Gasteiger partial charge in [0.25, 0.3) is 0 Å². The number of hydrogen-bond donors (Lipinski definition) is 0. The Hall–Kier alpha value is -0.130. The maximum Gasteiger partial charge on any atom is 0.190 e. The number of halogens is 2. The van der Waals surface area contributed by atoms with Crippen LogP contribution in [0.4, 0.5) is 0 Å². The van der Waals surface area contributed by atoms with E-state index in [1.165, 1.54) is 11.3 Å². The third-order valence-corrected chi connectivity index (χ3v) is 3.11. The second-order valence-corrected chi connectivity index (χ2v) is 4.99. The number of methoxy groups -OCH3 is 1. The summed E-state index contributed by atoms with van der Waals surface area (Å²) in [5.74, 6) is -0.167. The number of ether oxygens (including phenoxy) is 2. The molecule has 0 fully saturated rings. The molecular weight excluding hydrogens is 259 g/mol. The van der Waals surface area contributed by atoms with Gasteiger partial charge in [-0.3, -0.25) is 4.79 Å². The van der Waals surface area contributed by atoms with Gasteiger partial charge < -0.3 is 9.47 Å². The zero-order chi connectivity index (χ0) is 11.3. The van der Waals surface area contributed by atoms with Gasteiger partial charge in [-0.1, -0.05) is 23.2 Å². The molecule has 0 spiro atoms. The number of rotatable bonds is 6.